The number of nitrogens with zero attached hydrogens (tertiary/aromatic N) is 2. The first kappa shape index (κ1) is 14.4. The van der Waals surface area contributed by atoms with Gasteiger partial charge in [-0.05, 0) is 43.1 Å². The molecule has 0 saturated heterocycles. The van der Waals surface area contributed by atoms with E-state index in [0.29, 0.717) is 11.5 Å². The highest BCUT2D eigenvalue weighted by Gasteiger charge is 2.31. The van der Waals surface area contributed by atoms with E-state index in [-0.39, 0.29) is 0 Å². The van der Waals surface area contributed by atoms with Crippen molar-refractivity contribution in [2.24, 2.45) is 11.3 Å². The first-order valence-corrected chi connectivity index (χ1v) is 7.60. The molecule has 0 spiro atoms. The molecule has 0 unspecified atom stereocenters. The Kier molecular flexibility index (Phi) is 4.92. The standard InChI is InChI=1S/C16H27N3/c1-4-16(2,3)13-5-7-14(8-6-13)18-11-15-9-10-17-12-19-15/h9-10,12-14,18H,4-8,11H2,1-3H3. The first-order valence-electron chi connectivity index (χ1n) is 7.60. The normalized spacial score (nSPS) is 24.4. The van der Waals surface area contributed by atoms with Gasteiger partial charge in [0.25, 0.3) is 0 Å². The molecular formula is C16H27N3. The maximum Gasteiger partial charge on any atom is 0.115 e. The van der Waals surface area contributed by atoms with Gasteiger partial charge in [0, 0.05) is 18.8 Å². The van der Waals surface area contributed by atoms with E-state index in [2.05, 4.69) is 36.1 Å². The second kappa shape index (κ2) is 6.47. The molecule has 0 aromatic carbocycles. The molecule has 1 N–H and O–H groups in total. The van der Waals surface area contributed by atoms with Crippen LogP contribution >= 0.6 is 0 Å². The maximum atomic E-state index is 4.26. The summed E-state index contributed by atoms with van der Waals surface area (Å²) in [6, 6.07) is 2.65. The summed E-state index contributed by atoms with van der Waals surface area (Å²) in [6.07, 6.45) is 10.1. The third-order valence-electron chi connectivity index (χ3n) is 4.96. The smallest absolute Gasteiger partial charge is 0.115 e. The molecule has 1 saturated carbocycles. The SMILES string of the molecule is CCC(C)(C)C1CCC(NCc2ccncn2)CC1. The lowest BCUT2D eigenvalue weighted by Gasteiger charge is -2.39. The summed E-state index contributed by atoms with van der Waals surface area (Å²) in [5, 5.41) is 3.64. The largest absolute Gasteiger partial charge is 0.308 e. The molecule has 1 aliphatic carbocycles. The molecule has 0 atom stereocenters. The van der Waals surface area contributed by atoms with Crippen molar-refractivity contribution < 1.29 is 0 Å². The van der Waals surface area contributed by atoms with Gasteiger partial charge in [-0.25, -0.2) is 9.97 Å². The molecule has 3 heteroatoms. The van der Waals surface area contributed by atoms with Gasteiger partial charge < -0.3 is 5.32 Å². The van der Waals surface area contributed by atoms with Crippen LogP contribution in [0.1, 0.15) is 58.6 Å². The van der Waals surface area contributed by atoms with Gasteiger partial charge in [0.05, 0.1) is 5.69 Å². The molecule has 0 radical (unpaired) electrons. The zero-order valence-electron chi connectivity index (χ0n) is 12.5. The fraction of sp³-hybridized carbons (Fsp3) is 0.750. The Morgan fingerprint density at radius 3 is 2.58 bits per heavy atom. The number of hydrogen-bond acceptors (Lipinski definition) is 3. The molecule has 0 amide bonds. The van der Waals surface area contributed by atoms with E-state index in [1.54, 1.807) is 6.33 Å². The van der Waals surface area contributed by atoms with Crippen molar-refractivity contribution in [1.82, 2.24) is 15.3 Å². The minimum atomic E-state index is 0.512. The summed E-state index contributed by atoms with van der Waals surface area (Å²) in [5.41, 5.74) is 1.60. The molecule has 1 aromatic rings. The van der Waals surface area contributed by atoms with Crippen molar-refractivity contribution in [3.63, 3.8) is 0 Å². The average Bonchev–Trinajstić information content (AvgIpc) is 2.47. The van der Waals surface area contributed by atoms with Gasteiger partial charge in [0.2, 0.25) is 0 Å². The quantitative estimate of drug-likeness (QED) is 0.880. The highest BCUT2D eigenvalue weighted by atomic mass is 14.9. The Balaban J connectivity index is 1.75. The van der Waals surface area contributed by atoms with Gasteiger partial charge in [-0.2, -0.15) is 0 Å². The monoisotopic (exact) mass is 261 g/mol. The molecule has 1 aromatic heterocycles. The molecule has 0 bridgehead atoms. The fourth-order valence-corrected chi connectivity index (χ4v) is 3.04. The predicted octanol–water partition coefficient (Wildman–Crippen LogP) is 3.56. The lowest BCUT2D eigenvalue weighted by atomic mass is 9.69. The van der Waals surface area contributed by atoms with Crippen molar-refractivity contribution in [3.8, 4) is 0 Å². The first-order chi connectivity index (χ1) is 9.12. The minimum Gasteiger partial charge on any atom is -0.308 e. The van der Waals surface area contributed by atoms with Crippen LogP contribution in [-0.2, 0) is 6.54 Å². The van der Waals surface area contributed by atoms with Crippen molar-refractivity contribution >= 4 is 0 Å². The second-order valence-electron chi connectivity index (χ2n) is 6.47. The molecule has 1 aliphatic rings. The Hall–Kier alpha value is -0.960. The van der Waals surface area contributed by atoms with Crippen LogP contribution in [0.2, 0.25) is 0 Å². The minimum absolute atomic E-state index is 0.512. The van der Waals surface area contributed by atoms with Crippen molar-refractivity contribution in [2.75, 3.05) is 0 Å². The molecule has 19 heavy (non-hydrogen) atoms. The lowest BCUT2D eigenvalue weighted by Crippen LogP contribution is -2.36. The molecule has 1 fully saturated rings. The lowest BCUT2D eigenvalue weighted by molar-refractivity contribution is 0.136. The van der Waals surface area contributed by atoms with E-state index >= 15 is 0 Å². The molecule has 3 nitrogen and oxygen atoms in total. The zero-order valence-corrected chi connectivity index (χ0v) is 12.5. The predicted molar refractivity (Wildman–Crippen MR) is 78.7 cm³/mol. The summed E-state index contributed by atoms with van der Waals surface area (Å²) in [7, 11) is 0. The Morgan fingerprint density at radius 2 is 2.00 bits per heavy atom. The van der Waals surface area contributed by atoms with E-state index in [9.17, 15) is 0 Å². The molecule has 2 rings (SSSR count). The third-order valence-corrected chi connectivity index (χ3v) is 4.96. The second-order valence-corrected chi connectivity index (χ2v) is 6.47. The van der Waals surface area contributed by atoms with Gasteiger partial charge >= 0.3 is 0 Å². The van der Waals surface area contributed by atoms with Gasteiger partial charge in [-0.3, -0.25) is 0 Å². The van der Waals surface area contributed by atoms with Crippen LogP contribution in [-0.4, -0.2) is 16.0 Å². The van der Waals surface area contributed by atoms with Crippen molar-refractivity contribution in [1.29, 1.82) is 0 Å². The average molecular weight is 261 g/mol. The highest BCUT2D eigenvalue weighted by molar-refractivity contribution is 4.97. The van der Waals surface area contributed by atoms with Crippen LogP contribution < -0.4 is 5.32 Å². The molecule has 0 aliphatic heterocycles. The Labute approximate surface area is 117 Å². The van der Waals surface area contributed by atoms with E-state index in [0.717, 1.165) is 18.2 Å². The third kappa shape index (κ3) is 4.00. The van der Waals surface area contributed by atoms with E-state index in [1.807, 2.05) is 12.3 Å². The number of aromatic nitrogens is 2. The van der Waals surface area contributed by atoms with Gasteiger partial charge in [0.1, 0.15) is 6.33 Å². The number of hydrogen-bond donors (Lipinski definition) is 1. The number of rotatable bonds is 5. The van der Waals surface area contributed by atoms with E-state index < -0.39 is 0 Å². The van der Waals surface area contributed by atoms with Gasteiger partial charge in [0.15, 0.2) is 0 Å². The van der Waals surface area contributed by atoms with E-state index in [1.165, 1.54) is 32.1 Å². The van der Waals surface area contributed by atoms with Crippen molar-refractivity contribution in [3.05, 3.63) is 24.3 Å². The fourth-order valence-electron chi connectivity index (χ4n) is 3.04. The Bertz CT molecular complexity index is 367. The van der Waals surface area contributed by atoms with Crippen LogP contribution in [0.3, 0.4) is 0 Å². The Morgan fingerprint density at radius 1 is 1.26 bits per heavy atom. The molecule has 106 valence electrons. The highest BCUT2D eigenvalue weighted by Crippen LogP contribution is 2.40. The van der Waals surface area contributed by atoms with Crippen LogP contribution in [0.4, 0.5) is 0 Å². The van der Waals surface area contributed by atoms with Crippen LogP contribution in [0, 0.1) is 11.3 Å². The van der Waals surface area contributed by atoms with Crippen LogP contribution in [0.25, 0.3) is 0 Å². The van der Waals surface area contributed by atoms with Gasteiger partial charge in [-0.1, -0.05) is 27.2 Å². The maximum absolute atomic E-state index is 4.26. The molecule has 1 heterocycles. The van der Waals surface area contributed by atoms with Crippen LogP contribution in [0.15, 0.2) is 18.6 Å². The summed E-state index contributed by atoms with van der Waals surface area (Å²) < 4.78 is 0. The number of nitrogens with one attached hydrogen (secondary N) is 1. The van der Waals surface area contributed by atoms with Gasteiger partial charge in [-0.15, -0.1) is 0 Å². The summed E-state index contributed by atoms with van der Waals surface area (Å²) >= 11 is 0. The van der Waals surface area contributed by atoms with Crippen LogP contribution in [0.5, 0.6) is 0 Å². The zero-order chi connectivity index (χ0) is 13.7. The summed E-state index contributed by atoms with van der Waals surface area (Å²) in [5.74, 6) is 0.898. The molecular weight excluding hydrogens is 234 g/mol. The summed E-state index contributed by atoms with van der Waals surface area (Å²) in [4.78, 5) is 8.20. The van der Waals surface area contributed by atoms with E-state index in [4.69, 9.17) is 0 Å². The topological polar surface area (TPSA) is 37.8 Å². The van der Waals surface area contributed by atoms with Crippen molar-refractivity contribution in [2.45, 2.75) is 65.5 Å². The summed E-state index contributed by atoms with van der Waals surface area (Å²) in [6.45, 7) is 8.03.